The van der Waals surface area contributed by atoms with Gasteiger partial charge in [-0.3, -0.25) is 4.79 Å². The van der Waals surface area contributed by atoms with Gasteiger partial charge in [0.15, 0.2) is 9.84 Å². The minimum Gasteiger partial charge on any atom is -0.306 e. The van der Waals surface area contributed by atoms with Crippen molar-refractivity contribution in [1.29, 1.82) is 0 Å². The van der Waals surface area contributed by atoms with Crippen molar-refractivity contribution in [2.75, 3.05) is 16.8 Å². The van der Waals surface area contributed by atoms with Crippen LogP contribution in [-0.2, 0) is 16.0 Å². The lowest BCUT2D eigenvalue weighted by atomic mass is 10.1. The monoisotopic (exact) mass is 484 g/mol. The third-order valence-corrected chi connectivity index (χ3v) is 8.07. The molecule has 4 rings (SSSR count). The third kappa shape index (κ3) is 4.56. The Morgan fingerprint density at radius 1 is 1.22 bits per heavy atom. The number of hydrogen-bond acceptors (Lipinski definition) is 6. The van der Waals surface area contributed by atoms with E-state index in [1.807, 2.05) is 0 Å². The Bertz CT molecular complexity index is 1280. The summed E-state index contributed by atoms with van der Waals surface area (Å²) in [5, 5.41) is 7.54. The Kier molecular flexibility index (Phi) is 5.61. The average molecular weight is 485 g/mol. The maximum Gasteiger partial charge on any atom is 0.416 e. The first-order valence-electron chi connectivity index (χ1n) is 9.66. The van der Waals surface area contributed by atoms with Crippen LogP contribution in [-0.4, -0.2) is 40.6 Å². The Labute approximate surface area is 186 Å². The summed E-state index contributed by atoms with van der Waals surface area (Å²) >= 11 is 1.07. The van der Waals surface area contributed by atoms with E-state index < -0.39 is 27.5 Å². The summed E-state index contributed by atoms with van der Waals surface area (Å²) in [7, 11) is -3.13. The van der Waals surface area contributed by atoms with Crippen LogP contribution in [0.2, 0.25) is 0 Å². The van der Waals surface area contributed by atoms with E-state index >= 15 is 0 Å². The zero-order valence-electron chi connectivity index (χ0n) is 17.1. The number of benzene rings is 1. The van der Waals surface area contributed by atoms with Gasteiger partial charge < -0.3 is 5.32 Å². The molecule has 2 aromatic heterocycles. The number of sulfone groups is 1. The largest absolute Gasteiger partial charge is 0.416 e. The third-order valence-electron chi connectivity index (χ3n) is 5.12. The Balaban J connectivity index is 1.56. The topological polar surface area (TPSA) is 94.0 Å². The van der Waals surface area contributed by atoms with Crippen molar-refractivity contribution in [2.45, 2.75) is 32.5 Å². The number of alkyl halides is 3. The highest BCUT2D eigenvalue weighted by Crippen LogP contribution is 2.33. The SMILES string of the molecule is Cc1cc(NC(=O)c2sc(-c3ccc(C(F)(F)F)cc3)nc2C)n(C2CCS(=O)(=O)C2)n1. The Morgan fingerprint density at radius 3 is 2.50 bits per heavy atom. The number of hydrogen-bond donors (Lipinski definition) is 1. The maximum atomic E-state index is 12.9. The number of anilines is 1. The maximum absolute atomic E-state index is 12.9. The van der Waals surface area contributed by atoms with Gasteiger partial charge in [0.2, 0.25) is 0 Å². The Morgan fingerprint density at radius 2 is 1.91 bits per heavy atom. The van der Waals surface area contributed by atoms with Gasteiger partial charge in [-0.2, -0.15) is 18.3 Å². The molecule has 3 aromatic rings. The van der Waals surface area contributed by atoms with E-state index in [0.717, 1.165) is 23.5 Å². The number of halogens is 3. The van der Waals surface area contributed by atoms with Crippen molar-refractivity contribution in [3.8, 4) is 10.6 Å². The molecule has 1 aliphatic heterocycles. The summed E-state index contributed by atoms with van der Waals surface area (Å²) in [5.41, 5.74) is 0.789. The fourth-order valence-corrected chi connectivity index (χ4v) is 6.22. The van der Waals surface area contributed by atoms with Crippen LogP contribution in [0.25, 0.3) is 10.6 Å². The molecule has 1 aliphatic rings. The first kappa shape index (κ1) is 22.5. The number of nitrogens with one attached hydrogen (secondary N) is 1. The number of carbonyl (C=O) groups is 1. The van der Waals surface area contributed by atoms with Gasteiger partial charge in [-0.25, -0.2) is 18.1 Å². The highest BCUT2D eigenvalue weighted by atomic mass is 32.2. The van der Waals surface area contributed by atoms with E-state index in [1.165, 1.54) is 16.8 Å². The molecule has 0 saturated carbocycles. The predicted molar refractivity (Wildman–Crippen MR) is 115 cm³/mol. The second-order valence-electron chi connectivity index (χ2n) is 7.64. The van der Waals surface area contributed by atoms with E-state index in [-0.39, 0.29) is 17.5 Å². The first-order valence-corrected chi connectivity index (χ1v) is 12.3. The summed E-state index contributed by atoms with van der Waals surface area (Å²) in [6.45, 7) is 3.39. The van der Waals surface area contributed by atoms with Gasteiger partial charge in [0.1, 0.15) is 15.7 Å². The molecule has 0 bridgehead atoms. The number of aryl methyl sites for hydroxylation is 2. The lowest BCUT2D eigenvalue weighted by Gasteiger charge is -2.13. The molecule has 0 spiro atoms. The highest BCUT2D eigenvalue weighted by molar-refractivity contribution is 7.91. The van der Waals surface area contributed by atoms with E-state index in [9.17, 15) is 26.4 Å². The smallest absolute Gasteiger partial charge is 0.306 e. The number of nitrogens with zero attached hydrogens (tertiary/aromatic N) is 3. The average Bonchev–Trinajstić information content (AvgIpc) is 3.37. The summed E-state index contributed by atoms with van der Waals surface area (Å²) < 4.78 is 63.6. The van der Waals surface area contributed by atoms with Gasteiger partial charge in [-0.15, -0.1) is 11.3 Å². The molecule has 0 aliphatic carbocycles. The van der Waals surface area contributed by atoms with Crippen molar-refractivity contribution >= 4 is 32.9 Å². The second-order valence-corrected chi connectivity index (χ2v) is 10.9. The van der Waals surface area contributed by atoms with Crippen LogP contribution < -0.4 is 5.32 Å². The van der Waals surface area contributed by atoms with Crippen LogP contribution in [0.5, 0.6) is 0 Å². The van der Waals surface area contributed by atoms with Gasteiger partial charge in [0.05, 0.1) is 34.5 Å². The second kappa shape index (κ2) is 8.00. The summed E-state index contributed by atoms with van der Waals surface area (Å²) in [6, 6.07) is 5.90. The van der Waals surface area contributed by atoms with Crippen molar-refractivity contribution in [2.24, 2.45) is 0 Å². The van der Waals surface area contributed by atoms with E-state index in [4.69, 9.17) is 0 Å². The van der Waals surface area contributed by atoms with Crippen LogP contribution in [0.1, 0.15) is 39.1 Å². The fourth-order valence-electron chi connectivity index (χ4n) is 3.56. The van der Waals surface area contributed by atoms with Crippen LogP contribution >= 0.6 is 11.3 Å². The van der Waals surface area contributed by atoms with E-state index in [2.05, 4.69) is 15.4 Å². The Hall–Kier alpha value is -2.73. The minimum absolute atomic E-state index is 0.0331. The van der Waals surface area contributed by atoms with E-state index in [1.54, 1.807) is 19.9 Å². The predicted octanol–water partition coefficient (Wildman–Crippen LogP) is 4.25. The number of rotatable bonds is 4. The van der Waals surface area contributed by atoms with Crippen LogP contribution in [0.3, 0.4) is 0 Å². The van der Waals surface area contributed by atoms with Crippen molar-refractivity contribution in [3.05, 3.63) is 52.2 Å². The standard InChI is InChI=1S/C20H19F3N4O3S2/c1-11-9-16(27(26-11)15-7-8-32(29,30)10-15)25-18(28)17-12(2)24-19(31-17)13-3-5-14(6-4-13)20(21,22)23/h3-6,9,15H,7-8,10H2,1-2H3,(H,25,28). The molecule has 0 radical (unpaired) electrons. The van der Waals surface area contributed by atoms with Crippen LogP contribution in [0.4, 0.5) is 19.0 Å². The molecule has 12 heteroatoms. The lowest BCUT2D eigenvalue weighted by molar-refractivity contribution is -0.137. The van der Waals surface area contributed by atoms with Gasteiger partial charge in [0.25, 0.3) is 5.91 Å². The molecule has 170 valence electrons. The fraction of sp³-hybridized carbons (Fsp3) is 0.350. The molecule has 3 heterocycles. The van der Waals surface area contributed by atoms with Gasteiger partial charge in [0, 0.05) is 11.6 Å². The first-order chi connectivity index (χ1) is 14.9. The van der Waals surface area contributed by atoms with Crippen molar-refractivity contribution < 1.29 is 26.4 Å². The quantitative estimate of drug-likeness (QED) is 0.598. The normalized spacial score (nSPS) is 18.1. The molecule has 1 unspecified atom stereocenters. The molecular formula is C20H19F3N4O3S2. The van der Waals surface area contributed by atoms with Gasteiger partial charge >= 0.3 is 6.18 Å². The van der Waals surface area contributed by atoms with Gasteiger partial charge in [-0.1, -0.05) is 12.1 Å². The zero-order valence-corrected chi connectivity index (χ0v) is 18.7. The summed E-state index contributed by atoms with van der Waals surface area (Å²) in [4.78, 5) is 17.6. The van der Waals surface area contributed by atoms with Crippen molar-refractivity contribution in [3.63, 3.8) is 0 Å². The summed E-state index contributed by atoms with van der Waals surface area (Å²) in [6.07, 6.45) is -4.01. The zero-order chi connectivity index (χ0) is 23.3. The molecule has 1 N–H and O–H groups in total. The lowest BCUT2D eigenvalue weighted by Crippen LogP contribution is -2.19. The number of amides is 1. The minimum atomic E-state index is -4.43. The van der Waals surface area contributed by atoms with E-state index in [0.29, 0.717) is 39.1 Å². The molecule has 1 aromatic carbocycles. The molecule has 1 amide bonds. The molecule has 1 saturated heterocycles. The van der Waals surface area contributed by atoms with Crippen LogP contribution in [0.15, 0.2) is 30.3 Å². The number of thiazole rings is 1. The highest BCUT2D eigenvalue weighted by Gasteiger charge is 2.32. The molecule has 1 atom stereocenters. The molecule has 7 nitrogen and oxygen atoms in total. The number of carbonyl (C=O) groups excluding carboxylic acids is 1. The van der Waals surface area contributed by atoms with Crippen molar-refractivity contribution in [1.82, 2.24) is 14.8 Å². The van der Waals surface area contributed by atoms with Crippen LogP contribution in [0, 0.1) is 13.8 Å². The van der Waals surface area contributed by atoms with Gasteiger partial charge in [-0.05, 0) is 32.4 Å². The molecule has 32 heavy (non-hydrogen) atoms. The summed E-state index contributed by atoms with van der Waals surface area (Å²) in [5.74, 6) is -0.0121. The molecular weight excluding hydrogens is 465 g/mol. The number of aromatic nitrogens is 3. The molecule has 1 fully saturated rings.